The summed E-state index contributed by atoms with van der Waals surface area (Å²) in [6.45, 7) is 0.517. The van der Waals surface area contributed by atoms with Gasteiger partial charge in [0.1, 0.15) is 0 Å². The maximum atomic E-state index is 11.8. The molecule has 0 heterocycles. The fraction of sp³-hybridized carbons (Fsp3) is 0.364. The van der Waals surface area contributed by atoms with Crippen molar-refractivity contribution in [2.24, 2.45) is 11.8 Å². The first-order valence-electron chi connectivity index (χ1n) is 4.79. The van der Waals surface area contributed by atoms with E-state index < -0.39 is 0 Å². The van der Waals surface area contributed by atoms with Crippen molar-refractivity contribution in [3.8, 4) is 0 Å². The third-order valence-electron chi connectivity index (χ3n) is 2.67. The summed E-state index contributed by atoms with van der Waals surface area (Å²) in [5, 5.41) is 8.49. The molecule has 1 aliphatic rings. The zero-order chi connectivity index (χ0) is 9.97. The van der Waals surface area contributed by atoms with E-state index in [2.05, 4.69) is 5.48 Å². The SMILES string of the molecule is O=C(c1ccccc1)[C@H]1C[C@@H]1CNO. The van der Waals surface area contributed by atoms with E-state index >= 15 is 0 Å². The average molecular weight is 191 g/mol. The van der Waals surface area contributed by atoms with Gasteiger partial charge >= 0.3 is 0 Å². The lowest BCUT2D eigenvalue weighted by atomic mass is 10.1. The summed E-state index contributed by atoms with van der Waals surface area (Å²) in [6.07, 6.45) is 0.890. The van der Waals surface area contributed by atoms with Crippen LogP contribution in [0, 0.1) is 11.8 Å². The average Bonchev–Trinajstić information content (AvgIpc) is 2.98. The van der Waals surface area contributed by atoms with Crippen LogP contribution in [0.3, 0.4) is 0 Å². The van der Waals surface area contributed by atoms with Crippen LogP contribution in [0.15, 0.2) is 30.3 Å². The minimum atomic E-state index is 0.108. The fourth-order valence-electron chi connectivity index (χ4n) is 1.73. The van der Waals surface area contributed by atoms with Crippen LogP contribution in [0.1, 0.15) is 16.8 Å². The second-order valence-corrected chi connectivity index (χ2v) is 3.69. The van der Waals surface area contributed by atoms with Gasteiger partial charge in [-0.05, 0) is 12.3 Å². The first-order valence-corrected chi connectivity index (χ1v) is 4.79. The summed E-state index contributed by atoms with van der Waals surface area (Å²) in [7, 11) is 0. The Labute approximate surface area is 82.7 Å². The van der Waals surface area contributed by atoms with Crippen LogP contribution in [0.5, 0.6) is 0 Å². The number of hydrogen-bond acceptors (Lipinski definition) is 3. The molecule has 1 fully saturated rings. The van der Waals surface area contributed by atoms with Crippen LogP contribution in [-0.4, -0.2) is 17.5 Å². The lowest BCUT2D eigenvalue weighted by Crippen LogP contribution is -2.14. The Kier molecular flexibility index (Phi) is 2.61. The summed E-state index contributed by atoms with van der Waals surface area (Å²) in [5.74, 6) is 0.621. The lowest BCUT2D eigenvalue weighted by molar-refractivity contribution is 0.0954. The number of hydroxylamine groups is 1. The van der Waals surface area contributed by atoms with E-state index in [0.717, 1.165) is 12.0 Å². The first kappa shape index (κ1) is 9.37. The van der Waals surface area contributed by atoms with E-state index in [1.807, 2.05) is 30.3 Å². The van der Waals surface area contributed by atoms with Crippen molar-refractivity contribution >= 4 is 5.78 Å². The van der Waals surface area contributed by atoms with Gasteiger partial charge in [-0.3, -0.25) is 4.79 Å². The van der Waals surface area contributed by atoms with Gasteiger partial charge in [-0.25, -0.2) is 5.48 Å². The largest absolute Gasteiger partial charge is 0.317 e. The number of carbonyl (C=O) groups is 1. The molecule has 3 nitrogen and oxygen atoms in total. The van der Waals surface area contributed by atoms with Gasteiger partial charge in [0.2, 0.25) is 0 Å². The van der Waals surface area contributed by atoms with Crippen molar-refractivity contribution in [3.63, 3.8) is 0 Å². The molecule has 2 N–H and O–H groups in total. The maximum Gasteiger partial charge on any atom is 0.166 e. The normalized spacial score (nSPS) is 24.6. The molecule has 2 rings (SSSR count). The van der Waals surface area contributed by atoms with Gasteiger partial charge in [-0.2, -0.15) is 0 Å². The highest BCUT2D eigenvalue weighted by Gasteiger charge is 2.42. The number of hydrogen-bond donors (Lipinski definition) is 2. The van der Waals surface area contributed by atoms with E-state index in [9.17, 15) is 4.79 Å². The number of carbonyl (C=O) groups excluding carboxylic acids is 1. The van der Waals surface area contributed by atoms with Crippen molar-refractivity contribution in [2.45, 2.75) is 6.42 Å². The zero-order valence-corrected chi connectivity index (χ0v) is 7.81. The van der Waals surface area contributed by atoms with E-state index in [0.29, 0.717) is 12.5 Å². The summed E-state index contributed by atoms with van der Waals surface area (Å²) in [5.41, 5.74) is 2.89. The van der Waals surface area contributed by atoms with Gasteiger partial charge in [0.25, 0.3) is 0 Å². The first-order chi connectivity index (χ1) is 6.83. The van der Waals surface area contributed by atoms with Crippen LogP contribution < -0.4 is 5.48 Å². The number of Topliss-reactive ketones (excluding diaryl/α,β-unsaturated/α-hetero) is 1. The minimum absolute atomic E-state index is 0.108. The highest BCUT2D eigenvalue weighted by molar-refractivity contribution is 5.99. The summed E-state index contributed by atoms with van der Waals surface area (Å²) in [6, 6.07) is 9.31. The Bertz CT molecular complexity index is 323. The predicted octanol–water partition coefficient (Wildman–Crippen LogP) is 1.48. The number of rotatable bonds is 4. The molecule has 14 heavy (non-hydrogen) atoms. The van der Waals surface area contributed by atoms with Crippen LogP contribution >= 0.6 is 0 Å². The van der Waals surface area contributed by atoms with Gasteiger partial charge < -0.3 is 5.21 Å². The molecule has 1 aliphatic carbocycles. The smallest absolute Gasteiger partial charge is 0.166 e. The van der Waals surface area contributed by atoms with Gasteiger partial charge in [-0.15, -0.1) is 0 Å². The molecule has 0 aromatic heterocycles. The Balaban J connectivity index is 1.98. The molecule has 0 bridgehead atoms. The monoisotopic (exact) mass is 191 g/mol. The number of nitrogens with one attached hydrogen (secondary N) is 1. The van der Waals surface area contributed by atoms with Crippen molar-refractivity contribution < 1.29 is 10.0 Å². The third-order valence-corrected chi connectivity index (χ3v) is 2.67. The van der Waals surface area contributed by atoms with Gasteiger partial charge in [0.05, 0.1) is 0 Å². The standard InChI is InChI=1S/C11H13NO2/c13-11(8-4-2-1-3-5-8)10-6-9(10)7-12-14/h1-5,9-10,12,14H,6-7H2/t9-,10+/m1/s1. The molecule has 0 unspecified atom stereocenters. The van der Waals surface area contributed by atoms with Crippen molar-refractivity contribution in [1.29, 1.82) is 0 Å². The van der Waals surface area contributed by atoms with Crippen LogP contribution in [-0.2, 0) is 0 Å². The van der Waals surface area contributed by atoms with Gasteiger partial charge in [0.15, 0.2) is 5.78 Å². The number of ketones is 1. The van der Waals surface area contributed by atoms with Crippen LogP contribution in [0.4, 0.5) is 0 Å². The predicted molar refractivity (Wildman–Crippen MR) is 52.2 cm³/mol. The van der Waals surface area contributed by atoms with Crippen molar-refractivity contribution in [1.82, 2.24) is 5.48 Å². The molecule has 0 spiro atoms. The van der Waals surface area contributed by atoms with Crippen molar-refractivity contribution in [3.05, 3.63) is 35.9 Å². The molecule has 3 heteroatoms. The molecule has 0 amide bonds. The Morgan fingerprint density at radius 3 is 2.79 bits per heavy atom. The number of benzene rings is 1. The summed E-state index contributed by atoms with van der Waals surface area (Å²) in [4.78, 5) is 11.8. The van der Waals surface area contributed by atoms with Crippen LogP contribution in [0.25, 0.3) is 0 Å². The highest BCUT2D eigenvalue weighted by Crippen LogP contribution is 2.40. The molecule has 1 aromatic carbocycles. The second kappa shape index (κ2) is 3.90. The second-order valence-electron chi connectivity index (χ2n) is 3.69. The zero-order valence-electron chi connectivity index (χ0n) is 7.81. The molecular formula is C11H13NO2. The fourth-order valence-corrected chi connectivity index (χ4v) is 1.73. The maximum absolute atomic E-state index is 11.8. The topological polar surface area (TPSA) is 49.3 Å². The minimum Gasteiger partial charge on any atom is -0.317 e. The molecule has 1 aromatic rings. The highest BCUT2D eigenvalue weighted by atomic mass is 16.5. The van der Waals surface area contributed by atoms with E-state index in [4.69, 9.17) is 5.21 Å². The lowest BCUT2D eigenvalue weighted by Gasteiger charge is -1.99. The third kappa shape index (κ3) is 1.84. The van der Waals surface area contributed by atoms with E-state index in [1.165, 1.54) is 0 Å². The Hall–Kier alpha value is -1.19. The molecule has 0 radical (unpaired) electrons. The molecule has 0 aliphatic heterocycles. The molecule has 2 atom stereocenters. The quantitative estimate of drug-likeness (QED) is 0.560. The Morgan fingerprint density at radius 1 is 1.43 bits per heavy atom. The summed E-state index contributed by atoms with van der Waals surface area (Å²) >= 11 is 0. The Morgan fingerprint density at radius 2 is 2.14 bits per heavy atom. The molecular weight excluding hydrogens is 178 g/mol. The molecule has 0 saturated heterocycles. The van der Waals surface area contributed by atoms with Gasteiger partial charge in [-0.1, -0.05) is 30.3 Å². The molecule has 74 valence electrons. The molecule has 1 saturated carbocycles. The van der Waals surface area contributed by atoms with Crippen LogP contribution in [0.2, 0.25) is 0 Å². The van der Waals surface area contributed by atoms with E-state index in [-0.39, 0.29) is 11.7 Å². The van der Waals surface area contributed by atoms with Gasteiger partial charge in [0, 0.05) is 18.0 Å². The van der Waals surface area contributed by atoms with Crippen molar-refractivity contribution in [2.75, 3.05) is 6.54 Å². The summed E-state index contributed by atoms with van der Waals surface area (Å²) < 4.78 is 0. The van der Waals surface area contributed by atoms with E-state index in [1.54, 1.807) is 0 Å².